The fourth-order valence-corrected chi connectivity index (χ4v) is 2.40. The number of rotatable bonds is 3. The van der Waals surface area contributed by atoms with Gasteiger partial charge < -0.3 is 14.4 Å². The number of hydrogen-bond donors (Lipinski definition) is 1. The molecule has 1 fully saturated rings. The number of nitrogens with zero attached hydrogens (tertiary/aromatic N) is 1. The van der Waals surface area contributed by atoms with Crippen LogP contribution in [0.15, 0.2) is 24.3 Å². The van der Waals surface area contributed by atoms with Crippen LogP contribution in [0.5, 0.6) is 0 Å². The topological polar surface area (TPSA) is 67.9 Å². The Morgan fingerprint density at radius 1 is 1.33 bits per heavy atom. The highest BCUT2D eigenvalue weighted by molar-refractivity contribution is 5.96. The molecule has 2 amide bonds. The van der Waals surface area contributed by atoms with Gasteiger partial charge in [-0.1, -0.05) is 6.07 Å². The molecule has 1 aromatic carbocycles. The Morgan fingerprint density at radius 3 is 2.86 bits per heavy atom. The molecule has 1 atom stereocenters. The third-order valence-corrected chi connectivity index (χ3v) is 3.54. The number of anilines is 1. The highest BCUT2D eigenvalue weighted by Crippen LogP contribution is 2.18. The van der Waals surface area contributed by atoms with Gasteiger partial charge in [0.25, 0.3) is 5.91 Å². The van der Waals surface area contributed by atoms with Crippen molar-refractivity contribution >= 4 is 17.7 Å². The van der Waals surface area contributed by atoms with Crippen LogP contribution in [-0.4, -0.2) is 50.3 Å². The van der Waals surface area contributed by atoms with Crippen molar-refractivity contribution in [2.45, 2.75) is 18.9 Å². The van der Waals surface area contributed by atoms with Crippen LogP contribution in [0.1, 0.15) is 23.2 Å². The van der Waals surface area contributed by atoms with E-state index in [2.05, 4.69) is 10.1 Å². The van der Waals surface area contributed by atoms with Crippen molar-refractivity contribution in [1.29, 1.82) is 0 Å². The molecule has 0 saturated carbocycles. The minimum Gasteiger partial charge on any atom is -0.453 e. The molecule has 0 radical (unpaired) electrons. The molecule has 0 aliphatic carbocycles. The summed E-state index contributed by atoms with van der Waals surface area (Å²) in [5, 5.41) is 2.55. The number of amides is 2. The number of benzene rings is 1. The Balaban J connectivity index is 2.08. The summed E-state index contributed by atoms with van der Waals surface area (Å²) >= 11 is 0. The molecule has 6 heteroatoms. The molecule has 2 rings (SSSR count). The summed E-state index contributed by atoms with van der Waals surface area (Å²) in [4.78, 5) is 25.5. The quantitative estimate of drug-likeness (QED) is 0.926. The normalized spacial score (nSPS) is 18.2. The maximum atomic E-state index is 12.5. The van der Waals surface area contributed by atoms with Crippen molar-refractivity contribution in [1.82, 2.24) is 4.90 Å². The van der Waals surface area contributed by atoms with Gasteiger partial charge in [0.05, 0.1) is 13.2 Å². The molecule has 21 heavy (non-hydrogen) atoms. The molecular formula is C15H20N2O4. The lowest BCUT2D eigenvalue weighted by atomic mass is 10.1. The van der Waals surface area contributed by atoms with Gasteiger partial charge in [0.1, 0.15) is 0 Å². The highest BCUT2D eigenvalue weighted by atomic mass is 16.5. The summed E-state index contributed by atoms with van der Waals surface area (Å²) in [6.07, 6.45) is 1.45. The van der Waals surface area contributed by atoms with Gasteiger partial charge >= 0.3 is 6.09 Å². The van der Waals surface area contributed by atoms with Crippen LogP contribution >= 0.6 is 0 Å². The molecule has 1 N–H and O–H groups in total. The Hall–Kier alpha value is -2.08. The first-order valence-corrected chi connectivity index (χ1v) is 6.91. The zero-order chi connectivity index (χ0) is 15.2. The van der Waals surface area contributed by atoms with Crippen LogP contribution in [0.25, 0.3) is 0 Å². The van der Waals surface area contributed by atoms with Gasteiger partial charge in [-0.25, -0.2) is 4.79 Å². The largest absolute Gasteiger partial charge is 0.453 e. The van der Waals surface area contributed by atoms with Crippen molar-refractivity contribution in [2.24, 2.45) is 0 Å². The zero-order valence-corrected chi connectivity index (χ0v) is 12.3. The molecule has 1 aromatic rings. The number of methoxy groups -OCH3 is 2. The van der Waals surface area contributed by atoms with Crippen molar-refractivity contribution in [3.8, 4) is 0 Å². The second-order valence-electron chi connectivity index (χ2n) is 4.95. The van der Waals surface area contributed by atoms with Crippen molar-refractivity contribution < 1.29 is 19.1 Å². The third-order valence-electron chi connectivity index (χ3n) is 3.54. The molecule has 1 saturated heterocycles. The van der Waals surface area contributed by atoms with Crippen LogP contribution in [0.2, 0.25) is 0 Å². The Labute approximate surface area is 124 Å². The fraction of sp³-hybridized carbons (Fsp3) is 0.467. The lowest BCUT2D eigenvalue weighted by Gasteiger charge is -2.32. The van der Waals surface area contributed by atoms with Crippen LogP contribution < -0.4 is 5.32 Å². The number of piperidine rings is 1. The number of likely N-dealkylation sites (tertiary alicyclic amines) is 1. The first kappa shape index (κ1) is 15.3. The molecule has 1 aliphatic heterocycles. The first-order valence-electron chi connectivity index (χ1n) is 6.91. The van der Waals surface area contributed by atoms with Gasteiger partial charge in [-0.15, -0.1) is 0 Å². The summed E-state index contributed by atoms with van der Waals surface area (Å²) in [7, 11) is 2.96. The van der Waals surface area contributed by atoms with Crippen LogP contribution in [0.3, 0.4) is 0 Å². The average Bonchev–Trinajstić information content (AvgIpc) is 2.54. The molecule has 6 nitrogen and oxygen atoms in total. The van der Waals surface area contributed by atoms with Crippen LogP contribution in [-0.2, 0) is 9.47 Å². The van der Waals surface area contributed by atoms with Crippen molar-refractivity contribution in [3.05, 3.63) is 29.8 Å². The van der Waals surface area contributed by atoms with E-state index < -0.39 is 6.09 Å². The van der Waals surface area contributed by atoms with Crippen LogP contribution in [0.4, 0.5) is 10.5 Å². The van der Waals surface area contributed by atoms with E-state index in [1.165, 1.54) is 7.11 Å². The number of hydrogen-bond acceptors (Lipinski definition) is 4. The van der Waals surface area contributed by atoms with Gasteiger partial charge in [0, 0.05) is 31.5 Å². The van der Waals surface area contributed by atoms with Gasteiger partial charge in [-0.05, 0) is 31.0 Å². The van der Waals surface area contributed by atoms with E-state index in [0.29, 0.717) is 17.8 Å². The maximum Gasteiger partial charge on any atom is 0.411 e. The van der Waals surface area contributed by atoms with Gasteiger partial charge in [0.2, 0.25) is 0 Å². The molecular weight excluding hydrogens is 272 g/mol. The van der Waals surface area contributed by atoms with Crippen molar-refractivity contribution in [2.75, 3.05) is 32.6 Å². The molecule has 1 heterocycles. The summed E-state index contributed by atoms with van der Waals surface area (Å²) < 4.78 is 9.87. The highest BCUT2D eigenvalue weighted by Gasteiger charge is 2.24. The zero-order valence-electron chi connectivity index (χ0n) is 12.3. The lowest BCUT2D eigenvalue weighted by molar-refractivity contribution is 0.0269. The minimum absolute atomic E-state index is 0.0507. The van der Waals surface area contributed by atoms with E-state index in [1.54, 1.807) is 36.3 Å². The Bertz CT molecular complexity index is 518. The maximum absolute atomic E-state index is 12.5. The number of nitrogens with one attached hydrogen (secondary N) is 1. The van der Waals surface area contributed by atoms with Crippen molar-refractivity contribution in [3.63, 3.8) is 0 Å². The second-order valence-corrected chi connectivity index (χ2v) is 4.95. The molecule has 1 aliphatic rings. The smallest absolute Gasteiger partial charge is 0.411 e. The van der Waals surface area contributed by atoms with Gasteiger partial charge in [-0.2, -0.15) is 0 Å². The van der Waals surface area contributed by atoms with E-state index >= 15 is 0 Å². The van der Waals surface area contributed by atoms with E-state index in [-0.39, 0.29) is 12.0 Å². The monoisotopic (exact) mass is 292 g/mol. The molecule has 114 valence electrons. The standard InChI is InChI=1S/C15H20N2O4/c1-20-13-7-4-8-17(10-13)14(18)11-5-3-6-12(9-11)16-15(19)21-2/h3,5-6,9,13H,4,7-8,10H2,1-2H3,(H,16,19)/t13-/m0/s1. The predicted octanol–water partition coefficient (Wildman–Crippen LogP) is 2.12. The third kappa shape index (κ3) is 3.95. The van der Waals surface area contributed by atoms with Gasteiger partial charge in [-0.3, -0.25) is 10.1 Å². The summed E-state index contributed by atoms with van der Waals surface area (Å²) in [6, 6.07) is 6.83. The first-order chi connectivity index (χ1) is 10.1. The lowest BCUT2D eigenvalue weighted by Crippen LogP contribution is -2.42. The van der Waals surface area contributed by atoms with Crippen LogP contribution in [0, 0.1) is 0 Å². The Kier molecular flexibility index (Phi) is 5.16. The number of carbonyl (C=O) groups excluding carboxylic acids is 2. The second kappa shape index (κ2) is 7.08. The molecule has 0 spiro atoms. The minimum atomic E-state index is -0.558. The summed E-state index contributed by atoms with van der Waals surface area (Å²) in [5.74, 6) is -0.0507. The average molecular weight is 292 g/mol. The van der Waals surface area contributed by atoms with E-state index in [4.69, 9.17) is 4.74 Å². The predicted molar refractivity (Wildman–Crippen MR) is 78.4 cm³/mol. The Morgan fingerprint density at radius 2 is 2.14 bits per heavy atom. The van der Waals surface area contributed by atoms with E-state index in [0.717, 1.165) is 19.4 Å². The summed E-state index contributed by atoms with van der Waals surface area (Å²) in [6.45, 7) is 1.33. The molecule has 0 aromatic heterocycles. The van der Waals surface area contributed by atoms with E-state index in [9.17, 15) is 9.59 Å². The summed E-state index contributed by atoms with van der Waals surface area (Å²) in [5.41, 5.74) is 1.08. The fourth-order valence-electron chi connectivity index (χ4n) is 2.40. The molecule has 0 unspecified atom stereocenters. The number of ether oxygens (including phenoxy) is 2. The number of carbonyl (C=O) groups is 2. The van der Waals surface area contributed by atoms with E-state index in [1.807, 2.05) is 0 Å². The molecule has 0 bridgehead atoms. The van der Waals surface area contributed by atoms with Gasteiger partial charge in [0.15, 0.2) is 0 Å². The SMILES string of the molecule is COC(=O)Nc1cccc(C(=O)N2CCC[C@H](OC)C2)c1.